The lowest BCUT2D eigenvalue weighted by Gasteiger charge is -2.71. The number of carboxylic acid groups (broad SMARTS) is 1. The van der Waals surface area contributed by atoms with Crippen LogP contribution in [-0.4, -0.2) is 77.9 Å². The first-order valence-corrected chi connectivity index (χ1v) is 19.4. The molecule has 6 aliphatic rings. The number of hydrogen-bond donors (Lipinski definition) is 2. The van der Waals surface area contributed by atoms with Crippen LogP contribution in [0.2, 0.25) is 0 Å². The van der Waals surface area contributed by atoms with Gasteiger partial charge in [-0.15, -0.1) is 0 Å². The van der Waals surface area contributed by atoms with Gasteiger partial charge in [0.1, 0.15) is 6.10 Å². The fourth-order valence-electron chi connectivity index (χ4n) is 12.6. The quantitative estimate of drug-likeness (QED) is 0.230. The second kappa shape index (κ2) is 13.6. The van der Waals surface area contributed by atoms with Gasteiger partial charge in [-0.3, -0.25) is 9.59 Å². The monoisotopic (exact) mass is 699 g/mol. The van der Waals surface area contributed by atoms with Crippen LogP contribution in [0.15, 0.2) is 11.6 Å². The molecule has 282 valence electrons. The van der Waals surface area contributed by atoms with Gasteiger partial charge < -0.3 is 30.1 Å². The molecule has 0 aromatic rings. The molecule has 0 spiro atoms. The largest absolute Gasteiger partial charge is 0.481 e. The zero-order chi connectivity index (χ0) is 37.0. The van der Waals surface area contributed by atoms with Crippen molar-refractivity contribution in [2.75, 3.05) is 32.8 Å². The van der Waals surface area contributed by atoms with E-state index in [-0.39, 0.29) is 45.7 Å². The number of nitrogens with two attached hydrogens (primary N) is 1. The number of carboxylic acids is 1. The molecule has 1 heterocycles. The van der Waals surface area contributed by atoms with Gasteiger partial charge in [-0.1, -0.05) is 60.1 Å². The predicted octanol–water partition coefficient (Wildman–Crippen LogP) is 7.50. The number of rotatable bonds is 3. The number of fused-ring (bicyclic) bond motifs is 7. The summed E-state index contributed by atoms with van der Waals surface area (Å²) in [5.41, 5.74) is 6.40. The number of piperazine rings is 1. The van der Waals surface area contributed by atoms with Crippen molar-refractivity contribution in [2.24, 2.45) is 62.4 Å². The van der Waals surface area contributed by atoms with E-state index in [9.17, 15) is 24.3 Å². The van der Waals surface area contributed by atoms with E-state index in [1.54, 1.807) is 18.7 Å². The average molecular weight is 700 g/mol. The first-order valence-electron chi connectivity index (χ1n) is 19.4. The molecule has 0 bridgehead atoms. The van der Waals surface area contributed by atoms with Crippen molar-refractivity contribution in [3.05, 3.63) is 11.6 Å². The number of urea groups is 1. The summed E-state index contributed by atoms with van der Waals surface area (Å²) in [6, 6.07) is -0.437. The van der Waals surface area contributed by atoms with E-state index in [2.05, 4.69) is 54.5 Å². The fraction of sp³-hybridized carbons (Fsp3) is 0.850. The van der Waals surface area contributed by atoms with Gasteiger partial charge in [0, 0.05) is 38.5 Å². The standard InChI is InChI=1S/C32H50O4.C8H15N3O3/c1-19-11-16-32(27(34)35)18-17-30(7)22(26(32)20(19)2)9-10-24-29(6)14-13-25(36-21(3)33)28(4,5)23(29)12-15-31(24,30)8;1-2-14-8(13)11-5-3-10(4-6-11)7(9)12/h9,19-20,23-26H,10-18H2,1-8H3,(H,34,35);2-6H2,1H3,(H2,9,12)/t19-,20+,23?,24-,25+,26+,29+,30-,31-,32+;/m1./s1. The van der Waals surface area contributed by atoms with Crippen molar-refractivity contribution >= 4 is 24.1 Å². The highest BCUT2D eigenvalue weighted by Crippen LogP contribution is 2.75. The molecule has 6 rings (SSSR count). The SMILES string of the molecule is CC(=O)O[C@H]1CC[C@@]2(C)C(CC[C@]3(C)[C@@H]2CC=C2[C@@H]4[C@@H](C)[C@H](C)CC[C@]4(C(=O)O)CC[C@]23C)C1(C)C.CCOC(=O)N1CCN(C(N)=O)CC1. The highest BCUT2D eigenvalue weighted by Gasteiger charge is 2.69. The van der Waals surface area contributed by atoms with Crippen molar-refractivity contribution in [3.8, 4) is 0 Å². The average Bonchev–Trinajstić information content (AvgIpc) is 3.04. The molecular weight excluding hydrogens is 634 g/mol. The van der Waals surface area contributed by atoms with Gasteiger partial charge in [0.2, 0.25) is 0 Å². The molecular formula is C40H65N3O7. The molecule has 0 aromatic carbocycles. The van der Waals surface area contributed by atoms with Crippen molar-refractivity contribution in [2.45, 2.75) is 126 Å². The van der Waals surface area contributed by atoms with Crippen LogP contribution >= 0.6 is 0 Å². The number of esters is 1. The molecule has 5 fully saturated rings. The molecule has 1 saturated heterocycles. The summed E-state index contributed by atoms with van der Waals surface area (Å²) in [5, 5.41) is 10.6. The van der Waals surface area contributed by atoms with Gasteiger partial charge in [0.25, 0.3) is 0 Å². The minimum Gasteiger partial charge on any atom is -0.481 e. The Kier molecular flexibility index (Phi) is 10.5. The lowest BCUT2D eigenvalue weighted by atomic mass is 9.33. The van der Waals surface area contributed by atoms with Crippen molar-refractivity contribution in [1.82, 2.24) is 9.80 Å². The number of aliphatic carboxylic acids is 1. The molecule has 3 N–H and O–H groups in total. The number of carbonyl (C=O) groups is 4. The fourth-order valence-corrected chi connectivity index (χ4v) is 12.6. The third kappa shape index (κ3) is 6.02. The molecule has 50 heavy (non-hydrogen) atoms. The summed E-state index contributed by atoms with van der Waals surface area (Å²) < 4.78 is 10.7. The molecule has 1 unspecified atom stereocenters. The second-order valence-corrected chi connectivity index (χ2v) is 18.1. The van der Waals surface area contributed by atoms with Crippen LogP contribution in [0.5, 0.6) is 0 Å². The van der Waals surface area contributed by atoms with Crippen molar-refractivity contribution in [1.29, 1.82) is 0 Å². The lowest BCUT2D eigenvalue weighted by molar-refractivity contribution is -0.214. The van der Waals surface area contributed by atoms with Crippen LogP contribution in [-0.2, 0) is 19.1 Å². The summed E-state index contributed by atoms with van der Waals surface area (Å²) in [7, 11) is 0. The smallest absolute Gasteiger partial charge is 0.409 e. The third-order valence-corrected chi connectivity index (χ3v) is 15.8. The van der Waals surface area contributed by atoms with Crippen LogP contribution < -0.4 is 5.73 Å². The maximum Gasteiger partial charge on any atom is 0.409 e. The molecule has 10 atom stereocenters. The van der Waals surface area contributed by atoms with E-state index in [0.29, 0.717) is 56.5 Å². The Morgan fingerprint density at radius 3 is 2.10 bits per heavy atom. The normalized spacial score (nSPS) is 41.7. The first kappa shape index (κ1) is 38.5. The van der Waals surface area contributed by atoms with E-state index < -0.39 is 17.4 Å². The maximum atomic E-state index is 12.9. The van der Waals surface area contributed by atoms with Gasteiger partial charge in [0.15, 0.2) is 0 Å². The summed E-state index contributed by atoms with van der Waals surface area (Å²) in [6.45, 7) is 22.6. The molecule has 5 aliphatic carbocycles. The Hall–Kier alpha value is -2.78. The number of hydrogen-bond acceptors (Lipinski definition) is 6. The Labute approximate surface area is 300 Å². The molecule has 4 saturated carbocycles. The Balaban J connectivity index is 0.000000292. The number of amides is 3. The maximum absolute atomic E-state index is 12.9. The van der Waals surface area contributed by atoms with Gasteiger partial charge in [-0.2, -0.15) is 0 Å². The van der Waals surface area contributed by atoms with Gasteiger partial charge in [-0.05, 0) is 111 Å². The minimum absolute atomic E-state index is 0.00171. The van der Waals surface area contributed by atoms with E-state index in [1.165, 1.54) is 16.9 Å². The Morgan fingerprint density at radius 1 is 0.880 bits per heavy atom. The summed E-state index contributed by atoms with van der Waals surface area (Å²) in [4.78, 5) is 49.8. The van der Waals surface area contributed by atoms with Crippen LogP contribution in [0, 0.1) is 56.7 Å². The lowest BCUT2D eigenvalue weighted by Crippen LogP contribution is -2.65. The zero-order valence-corrected chi connectivity index (χ0v) is 32.3. The summed E-state index contributed by atoms with van der Waals surface area (Å²) in [6.07, 6.45) is 11.4. The van der Waals surface area contributed by atoms with Crippen molar-refractivity contribution < 1.29 is 33.8 Å². The third-order valence-electron chi connectivity index (χ3n) is 15.8. The molecule has 0 radical (unpaired) electrons. The molecule has 10 nitrogen and oxygen atoms in total. The van der Waals surface area contributed by atoms with Gasteiger partial charge >= 0.3 is 24.1 Å². The summed E-state index contributed by atoms with van der Waals surface area (Å²) in [5.74, 6) is 1.53. The van der Waals surface area contributed by atoms with Crippen LogP contribution in [0.3, 0.4) is 0 Å². The van der Waals surface area contributed by atoms with Gasteiger partial charge in [0.05, 0.1) is 12.0 Å². The second-order valence-electron chi connectivity index (χ2n) is 18.1. The topological polar surface area (TPSA) is 139 Å². The van der Waals surface area contributed by atoms with E-state index in [1.807, 2.05) is 0 Å². The number of primary amides is 1. The number of allylic oxidation sites excluding steroid dienone is 2. The number of ether oxygens (including phenoxy) is 2. The van der Waals surface area contributed by atoms with E-state index >= 15 is 0 Å². The minimum atomic E-state index is -0.578. The number of nitrogens with zero attached hydrogens (tertiary/aromatic N) is 2. The molecule has 0 aromatic heterocycles. The number of carbonyl (C=O) groups excluding carboxylic acids is 3. The zero-order valence-electron chi connectivity index (χ0n) is 32.3. The van der Waals surface area contributed by atoms with Gasteiger partial charge in [-0.25, -0.2) is 9.59 Å². The van der Waals surface area contributed by atoms with Crippen molar-refractivity contribution in [3.63, 3.8) is 0 Å². The van der Waals surface area contributed by atoms with Crippen LogP contribution in [0.1, 0.15) is 120 Å². The predicted molar refractivity (Wildman–Crippen MR) is 192 cm³/mol. The molecule has 1 aliphatic heterocycles. The van der Waals surface area contributed by atoms with Crippen LogP contribution in [0.4, 0.5) is 9.59 Å². The highest BCUT2D eigenvalue weighted by atomic mass is 16.6. The highest BCUT2D eigenvalue weighted by molar-refractivity contribution is 5.77. The Morgan fingerprint density at radius 2 is 1.52 bits per heavy atom. The van der Waals surface area contributed by atoms with Crippen LogP contribution in [0.25, 0.3) is 0 Å². The summed E-state index contributed by atoms with van der Waals surface area (Å²) >= 11 is 0. The van der Waals surface area contributed by atoms with E-state index in [4.69, 9.17) is 15.2 Å². The van der Waals surface area contributed by atoms with E-state index in [0.717, 1.165) is 51.4 Å². The Bertz CT molecular complexity index is 1370. The molecule has 10 heteroatoms. The first-order chi connectivity index (χ1) is 23.3. The molecule has 3 amide bonds.